The average molecular weight is 209 g/mol. The van der Waals surface area contributed by atoms with Crippen molar-refractivity contribution in [2.24, 2.45) is 7.05 Å². The van der Waals surface area contributed by atoms with E-state index in [-0.39, 0.29) is 5.69 Å². The Morgan fingerprint density at radius 2 is 2.43 bits per heavy atom. The number of aromatic nitrogens is 3. The Labute approximate surface area is 83.6 Å². The molecule has 0 fully saturated rings. The average Bonchev–Trinajstić information content (AvgIpc) is 2.71. The van der Waals surface area contributed by atoms with Crippen LogP contribution in [0.3, 0.4) is 0 Å². The van der Waals surface area contributed by atoms with E-state index < -0.39 is 5.97 Å². The SMILES string of the molecule is Cn1nccc1-c1nc(C(=O)O)cs1. The first kappa shape index (κ1) is 8.89. The van der Waals surface area contributed by atoms with Gasteiger partial charge in [0.25, 0.3) is 0 Å². The van der Waals surface area contributed by atoms with E-state index in [9.17, 15) is 4.79 Å². The molecule has 0 atom stereocenters. The van der Waals surface area contributed by atoms with E-state index in [0.29, 0.717) is 5.01 Å². The highest BCUT2D eigenvalue weighted by Gasteiger charge is 2.11. The van der Waals surface area contributed by atoms with E-state index in [1.54, 1.807) is 24.0 Å². The fourth-order valence-corrected chi connectivity index (χ4v) is 1.92. The number of hydrogen-bond acceptors (Lipinski definition) is 4. The van der Waals surface area contributed by atoms with E-state index in [0.717, 1.165) is 5.69 Å². The van der Waals surface area contributed by atoms with Gasteiger partial charge in [0.15, 0.2) is 5.69 Å². The number of thiazole rings is 1. The van der Waals surface area contributed by atoms with Crippen molar-refractivity contribution >= 4 is 17.3 Å². The summed E-state index contributed by atoms with van der Waals surface area (Å²) in [6.45, 7) is 0. The first-order chi connectivity index (χ1) is 6.68. The number of carboxylic acids is 1. The molecule has 0 saturated heterocycles. The minimum absolute atomic E-state index is 0.0752. The molecule has 0 aliphatic heterocycles. The highest BCUT2D eigenvalue weighted by Crippen LogP contribution is 2.22. The molecule has 0 amide bonds. The molecule has 14 heavy (non-hydrogen) atoms. The lowest BCUT2D eigenvalue weighted by molar-refractivity contribution is 0.0691. The summed E-state index contributed by atoms with van der Waals surface area (Å²) in [6.07, 6.45) is 1.65. The summed E-state index contributed by atoms with van der Waals surface area (Å²) in [5, 5.41) is 14.9. The molecule has 2 aromatic rings. The van der Waals surface area contributed by atoms with Crippen LogP contribution in [0.25, 0.3) is 10.7 Å². The third-order valence-electron chi connectivity index (χ3n) is 1.76. The number of carbonyl (C=O) groups is 1. The zero-order chi connectivity index (χ0) is 10.1. The van der Waals surface area contributed by atoms with Crippen molar-refractivity contribution in [3.8, 4) is 10.7 Å². The van der Waals surface area contributed by atoms with Crippen LogP contribution < -0.4 is 0 Å². The molecule has 2 heterocycles. The Hall–Kier alpha value is -1.69. The summed E-state index contributed by atoms with van der Waals surface area (Å²) in [7, 11) is 1.79. The second-order valence-electron chi connectivity index (χ2n) is 2.68. The second kappa shape index (κ2) is 3.22. The predicted molar refractivity (Wildman–Crippen MR) is 51.3 cm³/mol. The number of hydrogen-bond donors (Lipinski definition) is 1. The maximum absolute atomic E-state index is 10.6. The van der Waals surface area contributed by atoms with E-state index in [1.807, 2.05) is 0 Å². The molecule has 0 bridgehead atoms. The number of carboxylic acid groups (broad SMARTS) is 1. The highest BCUT2D eigenvalue weighted by atomic mass is 32.1. The lowest BCUT2D eigenvalue weighted by Gasteiger charge is -1.94. The summed E-state index contributed by atoms with van der Waals surface area (Å²) in [4.78, 5) is 14.6. The summed E-state index contributed by atoms with van der Waals surface area (Å²) in [5.41, 5.74) is 0.897. The predicted octanol–water partition coefficient (Wildman–Crippen LogP) is 1.24. The molecular weight excluding hydrogens is 202 g/mol. The van der Waals surface area contributed by atoms with Crippen molar-refractivity contribution in [2.45, 2.75) is 0 Å². The van der Waals surface area contributed by atoms with E-state index in [4.69, 9.17) is 5.11 Å². The zero-order valence-corrected chi connectivity index (χ0v) is 8.15. The summed E-state index contributed by atoms with van der Waals surface area (Å²) >= 11 is 1.30. The van der Waals surface area contributed by atoms with Gasteiger partial charge in [-0.1, -0.05) is 0 Å². The molecular formula is C8H7N3O2S. The molecule has 0 saturated carbocycles. The topological polar surface area (TPSA) is 68.0 Å². The fraction of sp³-hybridized carbons (Fsp3) is 0.125. The fourth-order valence-electron chi connectivity index (χ4n) is 1.07. The van der Waals surface area contributed by atoms with Gasteiger partial charge in [0.2, 0.25) is 0 Å². The van der Waals surface area contributed by atoms with E-state index in [1.165, 1.54) is 16.7 Å². The highest BCUT2D eigenvalue weighted by molar-refractivity contribution is 7.13. The Balaban J connectivity index is 2.43. The third kappa shape index (κ3) is 1.39. The van der Waals surface area contributed by atoms with Crippen molar-refractivity contribution in [2.75, 3.05) is 0 Å². The van der Waals surface area contributed by atoms with Crippen molar-refractivity contribution in [1.29, 1.82) is 0 Å². The molecule has 0 spiro atoms. The van der Waals surface area contributed by atoms with E-state index >= 15 is 0 Å². The molecule has 0 aliphatic carbocycles. The van der Waals surface area contributed by atoms with Gasteiger partial charge in [0.1, 0.15) is 5.01 Å². The van der Waals surface area contributed by atoms with Gasteiger partial charge in [-0.05, 0) is 6.07 Å². The summed E-state index contributed by atoms with van der Waals surface area (Å²) in [5.74, 6) is -1.00. The van der Waals surface area contributed by atoms with Crippen LogP contribution in [0.5, 0.6) is 0 Å². The molecule has 6 heteroatoms. The van der Waals surface area contributed by atoms with Crippen molar-refractivity contribution in [1.82, 2.24) is 14.8 Å². The first-order valence-electron chi connectivity index (χ1n) is 3.85. The lowest BCUT2D eigenvalue weighted by Crippen LogP contribution is -1.97. The molecule has 72 valence electrons. The number of aromatic carboxylic acids is 1. The molecule has 0 radical (unpaired) electrons. The minimum atomic E-state index is -1.00. The van der Waals surface area contributed by atoms with Gasteiger partial charge in [-0.2, -0.15) is 5.10 Å². The van der Waals surface area contributed by atoms with Crippen LogP contribution in [0.2, 0.25) is 0 Å². The number of rotatable bonds is 2. The van der Waals surface area contributed by atoms with Gasteiger partial charge in [0, 0.05) is 18.6 Å². The maximum Gasteiger partial charge on any atom is 0.355 e. The van der Waals surface area contributed by atoms with Gasteiger partial charge in [-0.25, -0.2) is 9.78 Å². The van der Waals surface area contributed by atoms with E-state index in [2.05, 4.69) is 10.1 Å². The van der Waals surface area contributed by atoms with Crippen LogP contribution in [0.15, 0.2) is 17.6 Å². The van der Waals surface area contributed by atoms with Gasteiger partial charge < -0.3 is 5.11 Å². The van der Waals surface area contributed by atoms with Crippen molar-refractivity contribution in [3.63, 3.8) is 0 Å². The van der Waals surface area contributed by atoms with Crippen LogP contribution in [0, 0.1) is 0 Å². The zero-order valence-electron chi connectivity index (χ0n) is 7.34. The summed E-state index contributed by atoms with van der Waals surface area (Å²) in [6, 6.07) is 1.80. The van der Waals surface area contributed by atoms with Crippen LogP contribution in [-0.2, 0) is 7.05 Å². The third-order valence-corrected chi connectivity index (χ3v) is 2.63. The normalized spacial score (nSPS) is 10.4. The van der Waals surface area contributed by atoms with Crippen LogP contribution >= 0.6 is 11.3 Å². The van der Waals surface area contributed by atoms with Crippen LogP contribution in [0.4, 0.5) is 0 Å². The van der Waals surface area contributed by atoms with Gasteiger partial charge >= 0.3 is 5.97 Å². The molecule has 0 aromatic carbocycles. The molecule has 1 N–H and O–H groups in total. The first-order valence-corrected chi connectivity index (χ1v) is 4.73. The Morgan fingerprint density at radius 3 is 2.93 bits per heavy atom. The second-order valence-corrected chi connectivity index (χ2v) is 3.54. The molecule has 2 aromatic heterocycles. The van der Waals surface area contributed by atoms with Crippen LogP contribution in [-0.4, -0.2) is 25.8 Å². The van der Waals surface area contributed by atoms with Gasteiger partial charge in [0.05, 0.1) is 5.69 Å². The van der Waals surface area contributed by atoms with Crippen molar-refractivity contribution in [3.05, 3.63) is 23.3 Å². The maximum atomic E-state index is 10.6. The largest absolute Gasteiger partial charge is 0.476 e. The quantitative estimate of drug-likeness (QED) is 0.808. The molecule has 5 nitrogen and oxygen atoms in total. The summed E-state index contributed by atoms with van der Waals surface area (Å²) < 4.78 is 1.66. The molecule has 0 unspecified atom stereocenters. The molecule has 2 rings (SSSR count). The van der Waals surface area contributed by atoms with Crippen molar-refractivity contribution < 1.29 is 9.90 Å². The standard InChI is InChI=1S/C8H7N3O2S/c1-11-6(2-3-9-11)7-10-5(4-14-7)8(12)13/h2-4H,1H3,(H,12,13). The van der Waals surface area contributed by atoms with Crippen LogP contribution in [0.1, 0.15) is 10.5 Å². The Bertz CT molecular complexity index is 474. The Kier molecular flexibility index (Phi) is 2.05. The smallest absolute Gasteiger partial charge is 0.355 e. The Morgan fingerprint density at radius 1 is 1.64 bits per heavy atom. The number of aryl methyl sites for hydroxylation is 1. The molecule has 0 aliphatic rings. The number of nitrogens with zero attached hydrogens (tertiary/aromatic N) is 3. The monoisotopic (exact) mass is 209 g/mol. The minimum Gasteiger partial charge on any atom is -0.476 e. The van der Waals surface area contributed by atoms with Gasteiger partial charge in [-0.3, -0.25) is 4.68 Å². The lowest BCUT2D eigenvalue weighted by atomic mass is 10.4. The van der Waals surface area contributed by atoms with Gasteiger partial charge in [-0.15, -0.1) is 11.3 Å².